The molecule has 0 bridgehead atoms. The summed E-state index contributed by atoms with van der Waals surface area (Å²) >= 11 is 0. The summed E-state index contributed by atoms with van der Waals surface area (Å²) in [5.74, 6) is 0.913. The second-order valence-corrected chi connectivity index (χ2v) is 4.76. The van der Waals surface area contributed by atoms with Crippen LogP contribution in [0.3, 0.4) is 0 Å². The van der Waals surface area contributed by atoms with E-state index >= 15 is 0 Å². The molecule has 2 unspecified atom stereocenters. The van der Waals surface area contributed by atoms with Crippen LogP contribution in [0.4, 0.5) is 0 Å². The van der Waals surface area contributed by atoms with Crippen molar-refractivity contribution >= 4 is 5.91 Å². The Balaban J connectivity index is 2.44. The summed E-state index contributed by atoms with van der Waals surface area (Å²) in [7, 11) is 0. The molecule has 0 aromatic rings. The maximum Gasteiger partial charge on any atom is 0.239 e. The van der Waals surface area contributed by atoms with Crippen LogP contribution in [-0.2, 0) is 4.79 Å². The van der Waals surface area contributed by atoms with Crippen molar-refractivity contribution < 1.29 is 4.79 Å². The van der Waals surface area contributed by atoms with Crippen molar-refractivity contribution in [3.8, 4) is 0 Å². The minimum Gasteiger partial charge on any atom is -0.341 e. The van der Waals surface area contributed by atoms with Gasteiger partial charge in [0.15, 0.2) is 0 Å². The number of rotatable bonds is 3. The van der Waals surface area contributed by atoms with Gasteiger partial charge in [-0.25, -0.2) is 0 Å². The SMILES string of the molecule is CCCC(N)C(=O)N1CCCC(C)CC1. The van der Waals surface area contributed by atoms with Crippen LogP contribution in [0.2, 0.25) is 0 Å². The van der Waals surface area contributed by atoms with Crippen LogP contribution in [0.25, 0.3) is 0 Å². The van der Waals surface area contributed by atoms with Gasteiger partial charge in [0.1, 0.15) is 0 Å². The number of likely N-dealkylation sites (tertiary alicyclic amines) is 1. The van der Waals surface area contributed by atoms with Crippen LogP contribution in [0.15, 0.2) is 0 Å². The van der Waals surface area contributed by atoms with Gasteiger partial charge in [-0.15, -0.1) is 0 Å². The van der Waals surface area contributed by atoms with Crippen LogP contribution >= 0.6 is 0 Å². The van der Waals surface area contributed by atoms with E-state index < -0.39 is 0 Å². The molecule has 1 saturated heterocycles. The predicted molar refractivity (Wildman–Crippen MR) is 62.5 cm³/mol. The summed E-state index contributed by atoms with van der Waals surface area (Å²) in [5, 5.41) is 0. The van der Waals surface area contributed by atoms with Gasteiger partial charge in [0, 0.05) is 13.1 Å². The third-order valence-electron chi connectivity index (χ3n) is 3.25. The van der Waals surface area contributed by atoms with Crippen molar-refractivity contribution in [3.63, 3.8) is 0 Å². The number of hydrogen-bond acceptors (Lipinski definition) is 2. The molecule has 1 fully saturated rings. The highest BCUT2D eigenvalue weighted by Crippen LogP contribution is 2.17. The quantitative estimate of drug-likeness (QED) is 0.775. The van der Waals surface area contributed by atoms with E-state index in [-0.39, 0.29) is 11.9 Å². The highest BCUT2D eigenvalue weighted by atomic mass is 16.2. The lowest BCUT2D eigenvalue weighted by Crippen LogP contribution is -2.44. The summed E-state index contributed by atoms with van der Waals surface area (Å²) in [5.41, 5.74) is 5.85. The first kappa shape index (κ1) is 12.5. The first-order valence-corrected chi connectivity index (χ1v) is 6.19. The van der Waals surface area contributed by atoms with E-state index in [4.69, 9.17) is 5.73 Å². The Hall–Kier alpha value is -0.570. The monoisotopic (exact) mass is 212 g/mol. The summed E-state index contributed by atoms with van der Waals surface area (Å²) < 4.78 is 0. The maximum absolute atomic E-state index is 11.9. The molecule has 1 heterocycles. The van der Waals surface area contributed by atoms with Crippen molar-refractivity contribution in [2.75, 3.05) is 13.1 Å². The molecule has 0 aromatic heterocycles. The fourth-order valence-electron chi connectivity index (χ4n) is 2.15. The molecule has 1 aliphatic heterocycles. The molecular formula is C12H24N2O. The zero-order chi connectivity index (χ0) is 11.3. The molecule has 1 aliphatic rings. The number of nitrogens with zero attached hydrogens (tertiary/aromatic N) is 1. The van der Waals surface area contributed by atoms with Crippen LogP contribution in [0, 0.1) is 5.92 Å². The molecule has 3 heteroatoms. The lowest BCUT2D eigenvalue weighted by molar-refractivity contribution is -0.132. The molecule has 0 aliphatic carbocycles. The third kappa shape index (κ3) is 3.82. The Labute approximate surface area is 93.0 Å². The Morgan fingerprint density at radius 1 is 1.47 bits per heavy atom. The lowest BCUT2D eigenvalue weighted by atomic mass is 10.0. The maximum atomic E-state index is 11.9. The third-order valence-corrected chi connectivity index (χ3v) is 3.25. The smallest absolute Gasteiger partial charge is 0.239 e. The molecular weight excluding hydrogens is 188 g/mol. The molecule has 3 nitrogen and oxygen atoms in total. The van der Waals surface area contributed by atoms with Gasteiger partial charge >= 0.3 is 0 Å². The second kappa shape index (κ2) is 6.11. The highest BCUT2D eigenvalue weighted by molar-refractivity contribution is 5.81. The molecule has 0 radical (unpaired) electrons. The molecule has 2 N–H and O–H groups in total. The Kier molecular flexibility index (Phi) is 5.09. The van der Waals surface area contributed by atoms with Gasteiger partial charge < -0.3 is 10.6 Å². The molecule has 0 spiro atoms. The standard InChI is InChI=1S/C12H24N2O/c1-3-5-11(13)12(15)14-8-4-6-10(2)7-9-14/h10-11H,3-9,13H2,1-2H3. The van der Waals surface area contributed by atoms with E-state index in [1.807, 2.05) is 4.90 Å². The van der Waals surface area contributed by atoms with Gasteiger partial charge in [-0.05, 0) is 31.6 Å². The first-order valence-electron chi connectivity index (χ1n) is 6.19. The van der Waals surface area contributed by atoms with Gasteiger partial charge in [-0.2, -0.15) is 0 Å². The Bertz CT molecular complexity index is 206. The van der Waals surface area contributed by atoms with Gasteiger partial charge in [-0.1, -0.05) is 20.3 Å². The fraction of sp³-hybridized carbons (Fsp3) is 0.917. The van der Waals surface area contributed by atoms with E-state index in [9.17, 15) is 4.79 Å². The van der Waals surface area contributed by atoms with Crippen LogP contribution in [0.5, 0.6) is 0 Å². The van der Waals surface area contributed by atoms with E-state index in [0.29, 0.717) is 0 Å². The summed E-state index contributed by atoms with van der Waals surface area (Å²) in [6.07, 6.45) is 5.30. The van der Waals surface area contributed by atoms with Crippen molar-refractivity contribution in [2.45, 2.75) is 52.0 Å². The molecule has 2 atom stereocenters. The van der Waals surface area contributed by atoms with Crippen molar-refractivity contribution in [2.24, 2.45) is 11.7 Å². The number of hydrogen-bond donors (Lipinski definition) is 1. The molecule has 1 amide bonds. The zero-order valence-corrected chi connectivity index (χ0v) is 10.0. The summed E-state index contributed by atoms with van der Waals surface area (Å²) in [4.78, 5) is 13.9. The average Bonchev–Trinajstić information content (AvgIpc) is 2.42. The second-order valence-electron chi connectivity index (χ2n) is 4.76. The van der Waals surface area contributed by atoms with Crippen molar-refractivity contribution in [3.05, 3.63) is 0 Å². The zero-order valence-electron chi connectivity index (χ0n) is 10.0. The number of carbonyl (C=O) groups excluding carboxylic acids is 1. The van der Waals surface area contributed by atoms with Gasteiger partial charge in [-0.3, -0.25) is 4.79 Å². The van der Waals surface area contributed by atoms with Gasteiger partial charge in [0.2, 0.25) is 5.91 Å². The number of amides is 1. The van der Waals surface area contributed by atoms with Crippen LogP contribution < -0.4 is 5.73 Å². The van der Waals surface area contributed by atoms with E-state index in [1.54, 1.807) is 0 Å². The topological polar surface area (TPSA) is 46.3 Å². The van der Waals surface area contributed by atoms with Gasteiger partial charge in [0.05, 0.1) is 6.04 Å². The molecule has 1 rings (SSSR count). The van der Waals surface area contributed by atoms with Crippen LogP contribution in [-0.4, -0.2) is 29.9 Å². The Morgan fingerprint density at radius 2 is 2.20 bits per heavy atom. The molecule has 0 aromatic carbocycles. The molecule has 15 heavy (non-hydrogen) atoms. The van der Waals surface area contributed by atoms with E-state index in [1.165, 1.54) is 6.42 Å². The highest BCUT2D eigenvalue weighted by Gasteiger charge is 2.22. The first-order chi connectivity index (χ1) is 7.15. The average molecular weight is 212 g/mol. The van der Waals surface area contributed by atoms with E-state index in [0.717, 1.165) is 44.7 Å². The van der Waals surface area contributed by atoms with Crippen molar-refractivity contribution in [1.29, 1.82) is 0 Å². The number of nitrogens with two attached hydrogens (primary N) is 1. The van der Waals surface area contributed by atoms with E-state index in [2.05, 4.69) is 13.8 Å². The molecule has 88 valence electrons. The summed E-state index contributed by atoms with van der Waals surface area (Å²) in [6, 6.07) is -0.275. The van der Waals surface area contributed by atoms with Crippen LogP contribution in [0.1, 0.15) is 46.0 Å². The summed E-state index contributed by atoms with van der Waals surface area (Å²) in [6.45, 7) is 6.13. The fourth-order valence-corrected chi connectivity index (χ4v) is 2.15. The van der Waals surface area contributed by atoms with Crippen molar-refractivity contribution in [1.82, 2.24) is 4.90 Å². The predicted octanol–water partition coefficient (Wildman–Crippen LogP) is 1.76. The molecule has 0 saturated carbocycles. The normalized spacial score (nSPS) is 24.7. The Morgan fingerprint density at radius 3 is 2.87 bits per heavy atom. The van der Waals surface area contributed by atoms with Gasteiger partial charge in [0.25, 0.3) is 0 Å². The number of carbonyl (C=O) groups is 1. The minimum atomic E-state index is -0.275. The lowest BCUT2D eigenvalue weighted by Gasteiger charge is -2.23. The minimum absolute atomic E-state index is 0.158. The largest absolute Gasteiger partial charge is 0.341 e.